The first-order chi connectivity index (χ1) is 30.3. The summed E-state index contributed by atoms with van der Waals surface area (Å²) < 4.78 is 6.91. The molecule has 0 N–H and O–H groups in total. The molecule has 1 heterocycles. The Balaban J connectivity index is 1.07. The lowest BCUT2D eigenvalue weighted by molar-refractivity contribution is 0.670. The molecule has 11 aromatic rings. The number of hydrogen-bond donors (Lipinski definition) is 0. The molecule has 0 radical (unpaired) electrons. The van der Waals surface area contributed by atoms with Gasteiger partial charge in [-0.15, -0.1) is 0 Å². The van der Waals surface area contributed by atoms with Crippen LogP contribution < -0.4 is 4.90 Å². The molecule has 0 amide bonds. The third-order valence-electron chi connectivity index (χ3n) is 12.7. The second-order valence-corrected chi connectivity index (χ2v) is 16.0. The van der Waals surface area contributed by atoms with Crippen molar-refractivity contribution >= 4 is 49.8 Å². The highest BCUT2D eigenvalue weighted by molar-refractivity contribution is 6.19. The second kappa shape index (κ2) is 14.1. The van der Waals surface area contributed by atoms with E-state index in [9.17, 15) is 0 Å². The normalized spacial score (nSPS) is 12.7. The highest BCUT2D eigenvalue weighted by atomic mass is 16.3. The van der Waals surface area contributed by atoms with E-state index in [1.54, 1.807) is 0 Å². The van der Waals surface area contributed by atoms with E-state index < -0.39 is 5.41 Å². The summed E-state index contributed by atoms with van der Waals surface area (Å²) in [4.78, 5) is 2.40. The van der Waals surface area contributed by atoms with Crippen molar-refractivity contribution in [3.63, 3.8) is 0 Å². The minimum Gasteiger partial charge on any atom is -0.455 e. The number of anilines is 3. The summed E-state index contributed by atoms with van der Waals surface area (Å²) in [6.07, 6.45) is 0. The fourth-order valence-corrected chi connectivity index (χ4v) is 10.0. The SMILES string of the molecule is c1ccc(-c2ccc(-c3c4ccccc4cc4c3oc3ccc(N(c5ccccc5)c5ccc6c(c5)C(c5ccccc5)(c5ccccc5)c5ccccc5-6)cc34)cc2)cc1. The maximum Gasteiger partial charge on any atom is 0.143 e. The number of furan rings is 1. The summed E-state index contributed by atoms with van der Waals surface area (Å²) >= 11 is 0. The van der Waals surface area contributed by atoms with E-state index >= 15 is 0 Å². The molecule has 1 aliphatic carbocycles. The van der Waals surface area contributed by atoms with Crippen LogP contribution in [0.1, 0.15) is 22.3 Å². The molecular formula is C59H39NO. The highest BCUT2D eigenvalue weighted by Gasteiger charge is 2.46. The smallest absolute Gasteiger partial charge is 0.143 e. The second-order valence-electron chi connectivity index (χ2n) is 16.0. The van der Waals surface area contributed by atoms with Gasteiger partial charge in [-0.3, -0.25) is 0 Å². The average Bonchev–Trinajstić information content (AvgIpc) is 3.85. The first kappa shape index (κ1) is 35.0. The lowest BCUT2D eigenvalue weighted by atomic mass is 9.67. The Hall–Kier alpha value is -7.94. The summed E-state index contributed by atoms with van der Waals surface area (Å²) in [5, 5.41) is 4.54. The Kier molecular flexibility index (Phi) is 8.11. The molecule has 2 heteroatoms. The summed E-state index contributed by atoms with van der Waals surface area (Å²) in [6, 6.07) is 85.9. The number of para-hydroxylation sites is 1. The van der Waals surface area contributed by atoms with E-state index in [0.717, 1.165) is 50.1 Å². The average molecular weight is 778 g/mol. The Bertz CT molecular complexity index is 3350. The van der Waals surface area contributed by atoms with Gasteiger partial charge in [0.1, 0.15) is 11.2 Å². The molecule has 0 bridgehead atoms. The zero-order chi connectivity index (χ0) is 40.3. The quantitative estimate of drug-likeness (QED) is 0.160. The largest absolute Gasteiger partial charge is 0.455 e. The molecule has 0 fully saturated rings. The van der Waals surface area contributed by atoms with Gasteiger partial charge in [-0.1, -0.05) is 188 Å². The summed E-state index contributed by atoms with van der Waals surface area (Å²) in [5.74, 6) is 0. The number of rotatable bonds is 7. The van der Waals surface area contributed by atoms with Crippen LogP contribution in [-0.4, -0.2) is 0 Å². The number of nitrogens with zero attached hydrogens (tertiary/aromatic N) is 1. The van der Waals surface area contributed by atoms with Crippen LogP contribution in [0.15, 0.2) is 241 Å². The van der Waals surface area contributed by atoms with Gasteiger partial charge in [-0.2, -0.15) is 0 Å². The van der Waals surface area contributed by atoms with Crippen molar-refractivity contribution in [3.8, 4) is 33.4 Å². The van der Waals surface area contributed by atoms with Gasteiger partial charge in [0, 0.05) is 33.4 Å². The number of benzene rings is 10. The molecule has 0 spiro atoms. The minimum atomic E-state index is -0.506. The van der Waals surface area contributed by atoms with Crippen molar-refractivity contribution in [1.82, 2.24) is 0 Å². The number of hydrogen-bond acceptors (Lipinski definition) is 2. The van der Waals surface area contributed by atoms with Crippen molar-refractivity contribution in [3.05, 3.63) is 259 Å². The third-order valence-corrected chi connectivity index (χ3v) is 12.7. The third kappa shape index (κ3) is 5.50. The van der Waals surface area contributed by atoms with Crippen molar-refractivity contribution in [2.75, 3.05) is 4.90 Å². The van der Waals surface area contributed by atoms with Crippen molar-refractivity contribution in [2.24, 2.45) is 0 Å². The van der Waals surface area contributed by atoms with Crippen LogP contribution in [0.25, 0.3) is 66.1 Å². The maximum atomic E-state index is 6.91. The Labute approximate surface area is 355 Å². The fourth-order valence-electron chi connectivity index (χ4n) is 10.0. The minimum absolute atomic E-state index is 0.506. The Morgan fingerprint density at radius 1 is 0.344 bits per heavy atom. The van der Waals surface area contributed by atoms with Crippen LogP contribution in [-0.2, 0) is 5.41 Å². The van der Waals surface area contributed by atoms with E-state index in [2.05, 4.69) is 241 Å². The molecule has 0 saturated heterocycles. The van der Waals surface area contributed by atoms with Gasteiger partial charge in [0.15, 0.2) is 0 Å². The maximum absolute atomic E-state index is 6.91. The van der Waals surface area contributed by atoms with E-state index in [-0.39, 0.29) is 0 Å². The Morgan fingerprint density at radius 2 is 0.902 bits per heavy atom. The molecular weight excluding hydrogens is 739 g/mol. The van der Waals surface area contributed by atoms with Gasteiger partial charge in [-0.05, 0) is 109 Å². The molecule has 0 atom stereocenters. The molecule has 0 aliphatic heterocycles. The Morgan fingerprint density at radius 3 is 1.64 bits per heavy atom. The molecule has 1 aliphatic rings. The molecule has 10 aromatic carbocycles. The lowest BCUT2D eigenvalue weighted by Gasteiger charge is -2.35. The van der Waals surface area contributed by atoms with Crippen molar-refractivity contribution in [1.29, 1.82) is 0 Å². The molecule has 0 unspecified atom stereocenters. The first-order valence-corrected chi connectivity index (χ1v) is 21.0. The summed E-state index contributed by atoms with van der Waals surface area (Å²) in [7, 11) is 0. The predicted octanol–water partition coefficient (Wildman–Crippen LogP) is 15.9. The topological polar surface area (TPSA) is 16.4 Å². The van der Waals surface area contributed by atoms with E-state index in [4.69, 9.17) is 4.42 Å². The number of fused-ring (bicyclic) bond motifs is 7. The summed E-state index contributed by atoms with van der Waals surface area (Å²) in [5.41, 5.74) is 16.7. The van der Waals surface area contributed by atoms with E-state index in [1.807, 2.05) is 0 Å². The van der Waals surface area contributed by atoms with Gasteiger partial charge in [0.25, 0.3) is 0 Å². The lowest BCUT2D eigenvalue weighted by Crippen LogP contribution is -2.28. The summed E-state index contributed by atoms with van der Waals surface area (Å²) in [6.45, 7) is 0. The van der Waals surface area contributed by atoms with Crippen LogP contribution in [0, 0.1) is 0 Å². The van der Waals surface area contributed by atoms with Gasteiger partial charge in [0.2, 0.25) is 0 Å². The van der Waals surface area contributed by atoms with E-state index in [1.165, 1.54) is 55.3 Å². The monoisotopic (exact) mass is 777 g/mol. The first-order valence-electron chi connectivity index (χ1n) is 21.0. The van der Waals surface area contributed by atoms with Gasteiger partial charge in [0.05, 0.1) is 5.41 Å². The molecule has 12 rings (SSSR count). The zero-order valence-corrected chi connectivity index (χ0v) is 33.4. The molecule has 61 heavy (non-hydrogen) atoms. The van der Waals surface area contributed by atoms with Crippen LogP contribution >= 0.6 is 0 Å². The van der Waals surface area contributed by atoms with Crippen molar-refractivity contribution < 1.29 is 4.42 Å². The standard InChI is InChI=1S/C59H39NO/c1-5-17-40(18-6-1)41-29-31-42(32-30-41)57-49-26-14-13-19-43(49)37-53-52-38-47(34-36-56(52)61-58(53)57)60(46-24-11-4-12-25-46)48-33-35-51-50-27-15-16-28-54(50)59(55(51)39-48,44-20-7-2-8-21-44)45-22-9-3-10-23-45/h1-39H. The van der Waals surface area contributed by atoms with Crippen molar-refractivity contribution in [2.45, 2.75) is 5.41 Å². The van der Waals surface area contributed by atoms with Gasteiger partial charge >= 0.3 is 0 Å². The van der Waals surface area contributed by atoms with Crippen LogP contribution in [0.3, 0.4) is 0 Å². The fraction of sp³-hybridized carbons (Fsp3) is 0.0169. The molecule has 286 valence electrons. The van der Waals surface area contributed by atoms with Crippen LogP contribution in [0.5, 0.6) is 0 Å². The highest BCUT2D eigenvalue weighted by Crippen LogP contribution is 2.57. The van der Waals surface area contributed by atoms with Gasteiger partial charge < -0.3 is 9.32 Å². The molecule has 1 aromatic heterocycles. The van der Waals surface area contributed by atoms with Crippen LogP contribution in [0.2, 0.25) is 0 Å². The van der Waals surface area contributed by atoms with Crippen LogP contribution in [0.4, 0.5) is 17.1 Å². The van der Waals surface area contributed by atoms with Gasteiger partial charge in [-0.25, -0.2) is 0 Å². The van der Waals surface area contributed by atoms with E-state index in [0.29, 0.717) is 0 Å². The predicted molar refractivity (Wildman–Crippen MR) is 254 cm³/mol. The zero-order valence-electron chi connectivity index (χ0n) is 33.4. The molecule has 2 nitrogen and oxygen atoms in total. The molecule has 0 saturated carbocycles.